The average Bonchev–Trinajstić information content (AvgIpc) is 3.27. The fourth-order valence-electron chi connectivity index (χ4n) is 8.59. The van der Waals surface area contributed by atoms with E-state index in [1.165, 1.54) is 24.3 Å². The zero-order valence-electron chi connectivity index (χ0n) is 39.4. The van der Waals surface area contributed by atoms with Crippen molar-refractivity contribution in [1.82, 2.24) is 0 Å². The summed E-state index contributed by atoms with van der Waals surface area (Å²) in [6.07, 6.45) is 0.0821. The molecule has 0 saturated heterocycles. The first-order valence-electron chi connectivity index (χ1n) is 22.2. The fraction of sp³-hybridized carbons (Fsp3) is 0.308. The highest BCUT2D eigenvalue weighted by Gasteiger charge is 2.26. The molecule has 0 radical (unpaired) electrons. The van der Waals surface area contributed by atoms with E-state index in [-0.39, 0.29) is 86.2 Å². The fourth-order valence-corrected chi connectivity index (χ4v) is 8.59. The molecule has 0 amide bonds. The molecule has 6 aromatic rings. The predicted octanol–water partition coefficient (Wildman–Crippen LogP) is 10.8. The summed E-state index contributed by atoms with van der Waals surface area (Å²) in [7, 11) is 0. The minimum Gasteiger partial charge on any atom is -0.507 e. The molecule has 0 saturated carbocycles. The zero-order valence-corrected chi connectivity index (χ0v) is 39.4. The van der Waals surface area contributed by atoms with Gasteiger partial charge >= 0.3 is 0 Å². The van der Waals surface area contributed by atoms with Gasteiger partial charge in [-0.3, -0.25) is 40.5 Å². The molecule has 0 unspecified atom stereocenters. The highest BCUT2D eigenvalue weighted by Crippen LogP contribution is 2.42. The molecule has 1 aliphatic rings. The van der Waals surface area contributed by atoms with Crippen LogP contribution in [0.2, 0.25) is 0 Å². The number of nitrogens with zero attached hydrogens (tertiary/aromatic N) is 4. The van der Waals surface area contributed by atoms with Crippen LogP contribution in [0.5, 0.6) is 23.0 Å². The van der Waals surface area contributed by atoms with Gasteiger partial charge in [-0.15, -0.1) is 0 Å². The Kier molecular flexibility index (Phi) is 14.0. The summed E-state index contributed by atoms with van der Waals surface area (Å²) in [4.78, 5) is 43.4. The van der Waals surface area contributed by atoms with Gasteiger partial charge in [0, 0.05) is 49.9 Å². The van der Waals surface area contributed by atoms with Crippen molar-refractivity contribution in [1.29, 1.82) is 0 Å². The number of nitro benzene ring substituents is 4. The summed E-state index contributed by atoms with van der Waals surface area (Å²) >= 11 is 0. The summed E-state index contributed by atoms with van der Waals surface area (Å²) in [5, 5.41) is 94.7. The number of benzene rings is 6. The molecule has 4 N–H and O–H groups in total. The average molecular weight is 957 g/mol. The lowest BCUT2D eigenvalue weighted by atomic mass is 9.81. The maximum atomic E-state index is 12.1. The van der Waals surface area contributed by atoms with Gasteiger partial charge in [0.2, 0.25) is 0 Å². The van der Waals surface area contributed by atoms with Crippen LogP contribution < -0.4 is 0 Å². The summed E-state index contributed by atoms with van der Waals surface area (Å²) in [6, 6.07) is 20.8. The van der Waals surface area contributed by atoms with E-state index in [9.17, 15) is 60.9 Å². The first kappa shape index (κ1) is 49.9. The number of nitro groups is 4. The van der Waals surface area contributed by atoms with Crippen LogP contribution in [0.4, 0.5) is 22.7 Å². The molecule has 18 heteroatoms. The summed E-state index contributed by atoms with van der Waals surface area (Å²) in [5.41, 5.74) is 4.03. The zero-order chi connectivity index (χ0) is 51.0. The number of hydrogen-bond donors (Lipinski definition) is 4. The van der Waals surface area contributed by atoms with Crippen molar-refractivity contribution in [3.8, 4) is 23.0 Å². The molecule has 0 heterocycles. The van der Waals surface area contributed by atoms with Crippen LogP contribution in [0.3, 0.4) is 0 Å². The molecule has 0 spiro atoms. The Bertz CT molecular complexity index is 2730. The van der Waals surface area contributed by atoms with E-state index < -0.39 is 53.3 Å². The number of phenols is 4. The quantitative estimate of drug-likeness (QED) is 0.0655. The van der Waals surface area contributed by atoms with E-state index in [0.717, 1.165) is 23.3 Å². The topological polar surface area (TPSA) is 272 Å². The Morgan fingerprint density at radius 3 is 0.771 bits per heavy atom. The van der Waals surface area contributed by atoms with E-state index in [2.05, 4.69) is 0 Å². The third-order valence-electron chi connectivity index (χ3n) is 12.3. The second kappa shape index (κ2) is 19.6. The smallest absolute Gasteiger partial charge is 0.276 e. The van der Waals surface area contributed by atoms with Gasteiger partial charge in [0.25, 0.3) is 22.7 Å². The Morgan fingerprint density at radius 1 is 0.371 bits per heavy atom. The molecular weight excluding hydrogens is 905 g/mol. The van der Waals surface area contributed by atoms with E-state index >= 15 is 0 Å². The molecule has 7 rings (SSSR count). The first-order chi connectivity index (χ1) is 32.8. The Morgan fingerprint density at radius 2 is 0.571 bits per heavy atom. The van der Waals surface area contributed by atoms with Gasteiger partial charge in [-0.05, 0) is 113 Å². The molecule has 6 aromatic carbocycles. The van der Waals surface area contributed by atoms with Gasteiger partial charge < -0.3 is 29.9 Å². The van der Waals surface area contributed by atoms with Crippen molar-refractivity contribution in [2.45, 2.75) is 104 Å². The third-order valence-corrected chi connectivity index (χ3v) is 12.3. The van der Waals surface area contributed by atoms with Crippen molar-refractivity contribution in [2.75, 3.05) is 0 Å². The second-order valence-corrected chi connectivity index (χ2v) is 19.7. The maximum Gasteiger partial charge on any atom is 0.276 e. The number of fused-ring (bicyclic) bond motifs is 8. The number of phenolic OH excluding ortho intramolecular Hbond substituents is 4. The van der Waals surface area contributed by atoms with Crippen LogP contribution in [0.1, 0.15) is 119 Å². The van der Waals surface area contributed by atoms with Gasteiger partial charge in [0.15, 0.2) is 0 Å². The SMILES string of the molecule is CC(C)(C)c1cc2c(O)c(c1)Cc1cc(COCc3cc([N+](=O)[O-])cc([N+](=O)[O-])c3)cc(c1O)Cc1cc(C(C)(C)C)cc(c1O)Cc1cc(COCc3cc([N+](=O)[O-])cc([N+](=O)[O-])c3)cc(c1O)C2. The number of non-ortho nitro benzene ring substituents is 4. The van der Waals surface area contributed by atoms with Crippen LogP contribution in [-0.4, -0.2) is 40.1 Å². The molecule has 0 aromatic heterocycles. The van der Waals surface area contributed by atoms with Gasteiger partial charge in [0.05, 0.1) is 58.3 Å². The monoisotopic (exact) mass is 956 g/mol. The predicted molar refractivity (Wildman–Crippen MR) is 258 cm³/mol. The van der Waals surface area contributed by atoms with E-state index in [1.54, 1.807) is 24.3 Å². The Balaban J connectivity index is 1.34. The highest BCUT2D eigenvalue weighted by atomic mass is 16.6. The third kappa shape index (κ3) is 11.3. The number of aromatic hydroxyl groups is 4. The standard InChI is InChI=1S/C52H52N4O14/c1-51(2,3)41-19-37-15-33-7-29(25-69-27-31-11-43(53(61)62)23-44(12-31)54(63)64)9-35(47(33)57)17-39-21-42(52(4,5)6)22-40(50(39)60)18-36-10-30(8-34(48(36)58)16-38(20-41)49(37)59)26-70-28-32-13-45(55(65)66)24-46(14-32)56(67)68/h7-14,19-24,57-60H,15-18,25-28H2,1-6H3. The van der Waals surface area contributed by atoms with Crippen molar-refractivity contribution >= 4 is 22.7 Å². The Labute approximate surface area is 402 Å². The van der Waals surface area contributed by atoms with Crippen LogP contribution >= 0.6 is 0 Å². The van der Waals surface area contributed by atoms with Gasteiger partial charge in [-0.25, -0.2) is 0 Å². The van der Waals surface area contributed by atoms with Gasteiger partial charge in [0.1, 0.15) is 23.0 Å². The minimum atomic E-state index is -0.720. The van der Waals surface area contributed by atoms with E-state index in [4.69, 9.17) is 9.47 Å². The minimum absolute atomic E-state index is 0.0205. The number of hydrogen-bond acceptors (Lipinski definition) is 14. The van der Waals surface area contributed by atoms with Crippen LogP contribution in [0.15, 0.2) is 84.9 Å². The lowest BCUT2D eigenvalue weighted by Crippen LogP contribution is -2.13. The summed E-state index contributed by atoms with van der Waals surface area (Å²) < 4.78 is 12.0. The number of ether oxygens (including phenoxy) is 2. The van der Waals surface area contributed by atoms with Crippen molar-refractivity contribution in [3.05, 3.63) is 203 Å². The molecule has 8 bridgehead atoms. The van der Waals surface area contributed by atoms with Gasteiger partial charge in [-0.2, -0.15) is 0 Å². The van der Waals surface area contributed by atoms with Crippen molar-refractivity contribution < 1.29 is 49.6 Å². The van der Waals surface area contributed by atoms with E-state index in [1.807, 2.05) is 65.8 Å². The molecule has 1 aliphatic carbocycles. The summed E-state index contributed by atoms with van der Waals surface area (Å²) in [6.45, 7) is 11.5. The first-order valence-corrected chi connectivity index (χ1v) is 22.2. The number of rotatable bonds is 12. The van der Waals surface area contributed by atoms with Crippen LogP contribution in [0.25, 0.3) is 0 Å². The Hall–Kier alpha value is -7.96. The molecule has 364 valence electrons. The lowest BCUT2D eigenvalue weighted by Gasteiger charge is -2.25. The highest BCUT2D eigenvalue weighted by molar-refractivity contribution is 5.58. The normalized spacial score (nSPS) is 12.7. The van der Waals surface area contributed by atoms with Gasteiger partial charge in [-0.1, -0.05) is 65.8 Å². The molecule has 70 heavy (non-hydrogen) atoms. The summed E-state index contributed by atoms with van der Waals surface area (Å²) in [5.74, 6) is -0.326. The molecule has 0 fully saturated rings. The molecule has 0 aliphatic heterocycles. The molecular formula is C52H52N4O14. The lowest BCUT2D eigenvalue weighted by molar-refractivity contribution is -0.394. The molecule has 18 nitrogen and oxygen atoms in total. The van der Waals surface area contributed by atoms with Crippen molar-refractivity contribution in [2.24, 2.45) is 0 Å². The molecule has 0 atom stereocenters. The van der Waals surface area contributed by atoms with Crippen LogP contribution in [-0.2, 0) is 72.4 Å². The van der Waals surface area contributed by atoms with E-state index in [0.29, 0.717) is 55.6 Å². The van der Waals surface area contributed by atoms with Crippen LogP contribution in [0, 0.1) is 40.5 Å². The second-order valence-electron chi connectivity index (χ2n) is 19.7. The largest absolute Gasteiger partial charge is 0.507 e. The maximum absolute atomic E-state index is 12.1. The van der Waals surface area contributed by atoms with Crippen molar-refractivity contribution in [3.63, 3.8) is 0 Å².